The number of ether oxygens (including phenoxy) is 1. The van der Waals surface area contributed by atoms with Crippen LogP contribution in [0.3, 0.4) is 0 Å². The van der Waals surface area contributed by atoms with Crippen LogP contribution in [0.4, 0.5) is 0 Å². The van der Waals surface area contributed by atoms with Crippen LogP contribution in [0.5, 0.6) is 0 Å². The van der Waals surface area contributed by atoms with Crippen molar-refractivity contribution in [3.05, 3.63) is 29.6 Å². The van der Waals surface area contributed by atoms with Crippen LogP contribution < -0.4 is 0 Å². The summed E-state index contributed by atoms with van der Waals surface area (Å²) in [6.07, 6.45) is 3.17. The molecule has 0 atom stereocenters. The highest BCUT2D eigenvalue weighted by Crippen LogP contribution is 2.11. The van der Waals surface area contributed by atoms with Gasteiger partial charge in [0.1, 0.15) is 0 Å². The van der Waals surface area contributed by atoms with Crippen molar-refractivity contribution in [1.82, 2.24) is 4.98 Å². The van der Waals surface area contributed by atoms with Gasteiger partial charge in [-0.2, -0.15) is 0 Å². The van der Waals surface area contributed by atoms with E-state index >= 15 is 0 Å². The maximum atomic E-state index is 11.3. The van der Waals surface area contributed by atoms with E-state index in [0.29, 0.717) is 17.5 Å². The molecule has 1 rings (SSSR count). The molecule has 0 bridgehead atoms. The van der Waals surface area contributed by atoms with Gasteiger partial charge in [0.2, 0.25) is 0 Å². The largest absolute Gasteiger partial charge is 0.462 e. The first-order chi connectivity index (χ1) is 6.29. The van der Waals surface area contributed by atoms with Gasteiger partial charge in [-0.25, -0.2) is 4.79 Å². The summed E-state index contributed by atoms with van der Waals surface area (Å²) in [5.74, 6) is -0.315. The predicted octanol–water partition coefficient (Wildman–Crippen LogP) is 2.15. The molecule has 1 aromatic rings. The second kappa shape index (κ2) is 4.97. The number of pyridine rings is 1. The standard InChI is InChI=1S/C9H10BrNO2/c1-2-13-9(12)8-6-11-4-3-7(8)5-10/h3-4,6H,2,5H2,1H3. The zero-order valence-corrected chi connectivity index (χ0v) is 8.87. The van der Waals surface area contributed by atoms with Crippen molar-refractivity contribution >= 4 is 21.9 Å². The van der Waals surface area contributed by atoms with Gasteiger partial charge in [-0.15, -0.1) is 0 Å². The van der Waals surface area contributed by atoms with E-state index in [2.05, 4.69) is 20.9 Å². The summed E-state index contributed by atoms with van der Waals surface area (Å²) < 4.78 is 4.87. The lowest BCUT2D eigenvalue weighted by Gasteiger charge is -2.04. The van der Waals surface area contributed by atoms with Gasteiger partial charge in [0.05, 0.1) is 12.2 Å². The van der Waals surface area contributed by atoms with Crippen molar-refractivity contribution in [3.8, 4) is 0 Å². The predicted molar refractivity (Wildman–Crippen MR) is 52.8 cm³/mol. The third-order valence-electron chi connectivity index (χ3n) is 1.55. The molecule has 3 nitrogen and oxygen atoms in total. The summed E-state index contributed by atoms with van der Waals surface area (Å²) in [5.41, 5.74) is 1.43. The Morgan fingerprint density at radius 3 is 3.08 bits per heavy atom. The van der Waals surface area contributed by atoms with Crippen molar-refractivity contribution in [2.45, 2.75) is 12.3 Å². The maximum absolute atomic E-state index is 11.3. The highest BCUT2D eigenvalue weighted by Gasteiger charge is 2.10. The lowest BCUT2D eigenvalue weighted by atomic mass is 10.2. The number of carbonyl (C=O) groups excluding carboxylic acids is 1. The quantitative estimate of drug-likeness (QED) is 0.604. The minimum atomic E-state index is -0.315. The van der Waals surface area contributed by atoms with E-state index in [4.69, 9.17) is 4.74 Å². The molecule has 0 aliphatic heterocycles. The molecule has 0 aliphatic rings. The van der Waals surface area contributed by atoms with Crippen LogP contribution in [0.25, 0.3) is 0 Å². The van der Waals surface area contributed by atoms with E-state index in [1.165, 1.54) is 6.20 Å². The third-order valence-corrected chi connectivity index (χ3v) is 2.15. The summed E-state index contributed by atoms with van der Waals surface area (Å²) in [5, 5.41) is 0.629. The number of halogens is 1. The fourth-order valence-corrected chi connectivity index (χ4v) is 1.42. The molecule has 0 unspecified atom stereocenters. The average Bonchev–Trinajstić information content (AvgIpc) is 2.18. The van der Waals surface area contributed by atoms with Crippen LogP contribution in [0, 0.1) is 0 Å². The molecule has 1 aromatic heterocycles. The fraction of sp³-hybridized carbons (Fsp3) is 0.333. The second-order valence-corrected chi connectivity index (χ2v) is 2.95. The van der Waals surface area contributed by atoms with Crippen molar-refractivity contribution in [2.75, 3.05) is 6.61 Å². The van der Waals surface area contributed by atoms with Gasteiger partial charge >= 0.3 is 5.97 Å². The summed E-state index contributed by atoms with van der Waals surface area (Å²) in [4.78, 5) is 15.2. The summed E-state index contributed by atoms with van der Waals surface area (Å²) >= 11 is 3.29. The molecule has 0 N–H and O–H groups in total. The van der Waals surface area contributed by atoms with Gasteiger partial charge in [0.25, 0.3) is 0 Å². The Bertz CT molecular complexity index is 301. The van der Waals surface area contributed by atoms with Crippen molar-refractivity contribution in [1.29, 1.82) is 0 Å². The molecule has 0 fully saturated rings. The average molecular weight is 244 g/mol. The number of esters is 1. The Morgan fingerprint density at radius 1 is 1.69 bits per heavy atom. The molecule has 0 saturated carbocycles. The molecule has 70 valence electrons. The number of alkyl halides is 1. The molecular formula is C9H10BrNO2. The zero-order chi connectivity index (χ0) is 9.68. The molecule has 13 heavy (non-hydrogen) atoms. The van der Waals surface area contributed by atoms with Crippen molar-refractivity contribution in [3.63, 3.8) is 0 Å². The molecule has 0 saturated heterocycles. The number of hydrogen-bond acceptors (Lipinski definition) is 3. The van der Waals surface area contributed by atoms with Crippen LogP contribution in [0.2, 0.25) is 0 Å². The Labute approximate surface area is 85.3 Å². The fourth-order valence-electron chi connectivity index (χ4n) is 0.932. The Balaban J connectivity index is 2.92. The molecule has 4 heteroatoms. The second-order valence-electron chi connectivity index (χ2n) is 2.39. The normalized spacial score (nSPS) is 9.69. The van der Waals surface area contributed by atoms with E-state index in [1.54, 1.807) is 19.2 Å². The monoisotopic (exact) mass is 243 g/mol. The molecule has 0 amide bonds. The Morgan fingerprint density at radius 2 is 2.46 bits per heavy atom. The Kier molecular flexibility index (Phi) is 3.89. The number of carbonyl (C=O) groups is 1. The minimum absolute atomic E-state index is 0.315. The molecule has 0 aliphatic carbocycles. The van der Waals surface area contributed by atoms with E-state index in [9.17, 15) is 4.79 Å². The van der Waals surface area contributed by atoms with E-state index in [-0.39, 0.29) is 5.97 Å². The minimum Gasteiger partial charge on any atom is -0.462 e. The zero-order valence-electron chi connectivity index (χ0n) is 7.29. The first kappa shape index (κ1) is 10.2. The lowest BCUT2D eigenvalue weighted by Crippen LogP contribution is -2.07. The van der Waals surface area contributed by atoms with E-state index in [0.717, 1.165) is 5.56 Å². The van der Waals surface area contributed by atoms with Gasteiger partial charge in [0.15, 0.2) is 0 Å². The highest BCUT2D eigenvalue weighted by molar-refractivity contribution is 9.08. The topological polar surface area (TPSA) is 39.2 Å². The van der Waals surface area contributed by atoms with E-state index < -0.39 is 0 Å². The number of hydrogen-bond donors (Lipinski definition) is 0. The van der Waals surface area contributed by atoms with Gasteiger partial charge in [-0.3, -0.25) is 4.98 Å². The molecular weight excluding hydrogens is 234 g/mol. The van der Waals surface area contributed by atoms with Crippen LogP contribution in [-0.2, 0) is 10.1 Å². The first-order valence-corrected chi connectivity index (χ1v) is 5.07. The van der Waals surface area contributed by atoms with Gasteiger partial charge in [-0.1, -0.05) is 15.9 Å². The number of nitrogens with zero attached hydrogens (tertiary/aromatic N) is 1. The van der Waals surface area contributed by atoms with Crippen LogP contribution in [0.1, 0.15) is 22.8 Å². The van der Waals surface area contributed by atoms with Crippen LogP contribution in [-0.4, -0.2) is 17.6 Å². The first-order valence-electron chi connectivity index (χ1n) is 3.95. The van der Waals surface area contributed by atoms with Crippen molar-refractivity contribution in [2.24, 2.45) is 0 Å². The summed E-state index contributed by atoms with van der Waals surface area (Å²) in [6.45, 7) is 2.16. The van der Waals surface area contributed by atoms with E-state index in [1.807, 2.05) is 0 Å². The van der Waals surface area contributed by atoms with Gasteiger partial charge in [-0.05, 0) is 18.6 Å². The van der Waals surface area contributed by atoms with Gasteiger partial charge < -0.3 is 4.74 Å². The molecule has 0 aromatic carbocycles. The van der Waals surface area contributed by atoms with Crippen LogP contribution in [0.15, 0.2) is 18.5 Å². The maximum Gasteiger partial charge on any atom is 0.340 e. The van der Waals surface area contributed by atoms with Crippen LogP contribution >= 0.6 is 15.9 Å². The summed E-state index contributed by atoms with van der Waals surface area (Å²) in [6, 6.07) is 1.79. The van der Waals surface area contributed by atoms with Crippen molar-refractivity contribution < 1.29 is 9.53 Å². The third kappa shape index (κ3) is 2.52. The highest BCUT2D eigenvalue weighted by atomic mass is 79.9. The smallest absolute Gasteiger partial charge is 0.340 e. The molecule has 0 spiro atoms. The van der Waals surface area contributed by atoms with Gasteiger partial charge in [0, 0.05) is 17.7 Å². The molecule has 1 heterocycles. The number of rotatable bonds is 3. The summed E-state index contributed by atoms with van der Waals surface area (Å²) in [7, 11) is 0. The SMILES string of the molecule is CCOC(=O)c1cnccc1CBr. The Hall–Kier alpha value is -0.900. The lowest BCUT2D eigenvalue weighted by molar-refractivity contribution is 0.0525. The molecule has 0 radical (unpaired) electrons. The number of aromatic nitrogens is 1.